The van der Waals surface area contributed by atoms with Gasteiger partial charge in [0.1, 0.15) is 0 Å². The number of carbonyl (C=O) groups excluding carboxylic acids is 2. The smallest absolute Gasteiger partial charge is 0.292 e. The van der Waals surface area contributed by atoms with Crippen LogP contribution >= 0.6 is 0 Å². The monoisotopic (exact) mass is 398 g/mol. The molecule has 30 heavy (non-hydrogen) atoms. The Balaban J connectivity index is 1.43. The number of ketones is 1. The zero-order valence-electron chi connectivity index (χ0n) is 16.0. The normalized spacial score (nSPS) is 12.1. The summed E-state index contributed by atoms with van der Waals surface area (Å²) in [7, 11) is 0. The Kier molecular flexibility index (Phi) is 4.44. The Morgan fingerprint density at radius 2 is 1.67 bits per heavy atom. The van der Waals surface area contributed by atoms with E-state index in [2.05, 4.69) is 10.3 Å². The second-order valence-corrected chi connectivity index (χ2v) is 6.99. The van der Waals surface area contributed by atoms with Gasteiger partial charge in [-0.15, -0.1) is 0 Å². The van der Waals surface area contributed by atoms with Gasteiger partial charge in [0.25, 0.3) is 11.7 Å². The molecule has 0 fully saturated rings. The van der Waals surface area contributed by atoms with Crippen LogP contribution in [0.3, 0.4) is 0 Å². The number of hydrogen-bond donors (Lipinski definition) is 2. The van der Waals surface area contributed by atoms with Gasteiger partial charge in [-0.2, -0.15) is 0 Å². The molecule has 0 bridgehead atoms. The summed E-state index contributed by atoms with van der Waals surface area (Å²) in [5.41, 5.74) is 3.49. The molecule has 6 heteroatoms. The zero-order valence-corrected chi connectivity index (χ0v) is 16.0. The van der Waals surface area contributed by atoms with E-state index in [9.17, 15) is 9.59 Å². The van der Waals surface area contributed by atoms with Crippen LogP contribution in [-0.4, -0.2) is 23.5 Å². The molecule has 1 amide bonds. The molecule has 2 heterocycles. The van der Waals surface area contributed by atoms with Gasteiger partial charge in [-0.05, 0) is 29.3 Å². The van der Waals surface area contributed by atoms with Crippen molar-refractivity contribution in [3.8, 4) is 22.8 Å². The first-order valence-corrected chi connectivity index (χ1v) is 9.58. The highest BCUT2D eigenvalue weighted by Gasteiger charge is 2.25. The number of rotatable bonds is 5. The van der Waals surface area contributed by atoms with E-state index >= 15 is 0 Å². The van der Waals surface area contributed by atoms with Crippen LogP contribution < -0.4 is 14.8 Å². The maximum absolute atomic E-state index is 13.1. The van der Waals surface area contributed by atoms with Crippen molar-refractivity contribution in [2.75, 3.05) is 6.79 Å². The van der Waals surface area contributed by atoms with Gasteiger partial charge >= 0.3 is 0 Å². The van der Waals surface area contributed by atoms with Crippen molar-refractivity contribution in [1.29, 1.82) is 0 Å². The summed E-state index contributed by atoms with van der Waals surface area (Å²) >= 11 is 0. The van der Waals surface area contributed by atoms with Crippen molar-refractivity contribution in [3.63, 3.8) is 0 Å². The fourth-order valence-corrected chi connectivity index (χ4v) is 3.63. The quantitative estimate of drug-likeness (QED) is 0.392. The largest absolute Gasteiger partial charge is 0.454 e. The lowest BCUT2D eigenvalue weighted by Crippen LogP contribution is -2.30. The molecule has 5 rings (SSSR count). The summed E-state index contributed by atoms with van der Waals surface area (Å²) in [5, 5.41) is 3.44. The summed E-state index contributed by atoms with van der Waals surface area (Å²) in [6.45, 7) is 0.400. The minimum atomic E-state index is -0.658. The molecule has 1 aromatic heterocycles. The number of carbonyl (C=O) groups is 2. The first-order chi connectivity index (χ1) is 14.7. The molecule has 2 N–H and O–H groups in total. The fourth-order valence-electron chi connectivity index (χ4n) is 3.63. The topological polar surface area (TPSA) is 80.4 Å². The number of aromatic amines is 1. The molecule has 1 aliphatic rings. The SMILES string of the molecule is O=C(NCc1ccc2c(c1)OCO2)C(=O)c1c(-c2ccccc2)[nH]c2ccccc12. The minimum absolute atomic E-state index is 0.187. The molecule has 0 radical (unpaired) electrons. The highest BCUT2D eigenvalue weighted by molar-refractivity contribution is 6.46. The van der Waals surface area contributed by atoms with Gasteiger partial charge in [-0.1, -0.05) is 54.6 Å². The molecule has 0 unspecified atom stereocenters. The molecule has 0 atom stereocenters. The maximum Gasteiger partial charge on any atom is 0.292 e. The van der Waals surface area contributed by atoms with Crippen LogP contribution in [-0.2, 0) is 11.3 Å². The number of nitrogens with one attached hydrogen (secondary N) is 2. The van der Waals surface area contributed by atoms with Crippen LogP contribution in [0.15, 0.2) is 72.8 Å². The van der Waals surface area contributed by atoms with E-state index in [1.165, 1.54) is 0 Å². The van der Waals surface area contributed by atoms with E-state index in [0.29, 0.717) is 22.8 Å². The number of Topliss-reactive ketones (excluding diaryl/α,β-unsaturated/α-hetero) is 1. The van der Waals surface area contributed by atoms with Gasteiger partial charge in [-0.25, -0.2) is 0 Å². The molecule has 0 aliphatic carbocycles. The molecule has 1 aliphatic heterocycles. The Morgan fingerprint density at radius 3 is 2.53 bits per heavy atom. The summed E-state index contributed by atoms with van der Waals surface area (Å²) in [6, 6.07) is 22.4. The van der Waals surface area contributed by atoms with Crippen molar-refractivity contribution in [3.05, 3.63) is 83.9 Å². The third-order valence-corrected chi connectivity index (χ3v) is 5.09. The van der Waals surface area contributed by atoms with Crippen LogP contribution in [0.2, 0.25) is 0 Å². The summed E-state index contributed by atoms with van der Waals surface area (Å²) in [5.74, 6) is 0.0742. The second kappa shape index (κ2) is 7.40. The van der Waals surface area contributed by atoms with Crippen molar-refractivity contribution < 1.29 is 19.1 Å². The van der Waals surface area contributed by atoms with E-state index in [0.717, 1.165) is 22.0 Å². The number of ether oxygens (including phenoxy) is 2. The van der Waals surface area contributed by atoms with Crippen LogP contribution in [0.4, 0.5) is 0 Å². The van der Waals surface area contributed by atoms with Gasteiger partial charge in [0, 0.05) is 17.4 Å². The number of H-pyrrole nitrogens is 1. The summed E-state index contributed by atoms with van der Waals surface area (Å²) in [4.78, 5) is 29.2. The van der Waals surface area contributed by atoms with Gasteiger partial charge in [0.15, 0.2) is 11.5 Å². The summed E-state index contributed by atoms with van der Waals surface area (Å²) in [6.07, 6.45) is 0. The molecule has 4 aromatic rings. The predicted octanol–water partition coefficient (Wildman–Crippen LogP) is 4.06. The van der Waals surface area contributed by atoms with Crippen molar-refractivity contribution in [2.45, 2.75) is 6.54 Å². The average Bonchev–Trinajstić information content (AvgIpc) is 3.41. The van der Waals surface area contributed by atoms with E-state index in [1.807, 2.05) is 60.7 Å². The third kappa shape index (κ3) is 3.18. The van der Waals surface area contributed by atoms with Gasteiger partial charge in [-0.3, -0.25) is 9.59 Å². The first kappa shape index (κ1) is 18.0. The van der Waals surface area contributed by atoms with Gasteiger partial charge in [0.05, 0.1) is 11.3 Å². The van der Waals surface area contributed by atoms with E-state index in [-0.39, 0.29) is 13.3 Å². The summed E-state index contributed by atoms with van der Waals surface area (Å²) < 4.78 is 10.7. The second-order valence-electron chi connectivity index (χ2n) is 6.99. The Bertz CT molecular complexity index is 1260. The lowest BCUT2D eigenvalue weighted by molar-refractivity contribution is -0.117. The lowest BCUT2D eigenvalue weighted by atomic mass is 10.0. The highest BCUT2D eigenvalue weighted by Crippen LogP contribution is 2.33. The van der Waals surface area contributed by atoms with Crippen LogP contribution in [0.25, 0.3) is 22.2 Å². The Morgan fingerprint density at radius 1 is 0.900 bits per heavy atom. The van der Waals surface area contributed by atoms with E-state index in [4.69, 9.17) is 9.47 Å². The minimum Gasteiger partial charge on any atom is -0.454 e. The Hall–Kier alpha value is -4.06. The van der Waals surface area contributed by atoms with Crippen molar-refractivity contribution in [2.24, 2.45) is 0 Å². The molecular weight excluding hydrogens is 380 g/mol. The molecule has 0 spiro atoms. The predicted molar refractivity (Wildman–Crippen MR) is 112 cm³/mol. The number of amides is 1. The molecule has 0 saturated carbocycles. The number of fused-ring (bicyclic) bond motifs is 2. The number of hydrogen-bond acceptors (Lipinski definition) is 4. The fraction of sp³-hybridized carbons (Fsp3) is 0.0833. The number of para-hydroxylation sites is 1. The standard InChI is InChI=1S/C24H18N2O4/c27-23(24(28)25-13-15-10-11-19-20(12-15)30-14-29-19)21-17-8-4-5-9-18(17)26-22(21)16-6-2-1-3-7-16/h1-12,26H,13-14H2,(H,25,28). The Labute approximate surface area is 172 Å². The highest BCUT2D eigenvalue weighted by atomic mass is 16.7. The molecule has 3 aromatic carbocycles. The zero-order chi connectivity index (χ0) is 20.5. The first-order valence-electron chi connectivity index (χ1n) is 9.58. The van der Waals surface area contributed by atoms with Gasteiger partial charge in [0.2, 0.25) is 6.79 Å². The molecule has 0 saturated heterocycles. The average molecular weight is 398 g/mol. The van der Waals surface area contributed by atoms with Crippen LogP contribution in [0, 0.1) is 0 Å². The molecular formula is C24H18N2O4. The number of aromatic nitrogens is 1. The molecule has 6 nitrogen and oxygen atoms in total. The molecule has 148 valence electrons. The lowest BCUT2D eigenvalue weighted by Gasteiger charge is -2.07. The van der Waals surface area contributed by atoms with E-state index in [1.54, 1.807) is 12.1 Å². The third-order valence-electron chi connectivity index (χ3n) is 5.09. The van der Waals surface area contributed by atoms with E-state index < -0.39 is 11.7 Å². The van der Waals surface area contributed by atoms with Gasteiger partial charge < -0.3 is 19.8 Å². The maximum atomic E-state index is 13.1. The van der Waals surface area contributed by atoms with Crippen LogP contribution in [0.5, 0.6) is 11.5 Å². The number of benzene rings is 3. The van der Waals surface area contributed by atoms with Crippen molar-refractivity contribution >= 4 is 22.6 Å². The van der Waals surface area contributed by atoms with Crippen LogP contribution in [0.1, 0.15) is 15.9 Å². The van der Waals surface area contributed by atoms with Crippen molar-refractivity contribution in [1.82, 2.24) is 10.3 Å².